The van der Waals surface area contributed by atoms with E-state index in [1.807, 2.05) is 13.8 Å². The van der Waals surface area contributed by atoms with Crippen molar-refractivity contribution in [2.45, 2.75) is 20.3 Å². The maximum Gasteiger partial charge on any atom is 0.326 e. The average Bonchev–Trinajstić information content (AvgIpc) is 2.28. The van der Waals surface area contributed by atoms with Crippen LogP contribution in [0.5, 0.6) is 0 Å². The van der Waals surface area contributed by atoms with Crippen LogP contribution in [0.4, 0.5) is 4.79 Å². The number of hydrogen-bond donors (Lipinski definition) is 2. The van der Waals surface area contributed by atoms with Gasteiger partial charge in [0.05, 0.1) is 0 Å². The lowest BCUT2D eigenvalue weighted by atomic mass is 10.2. The van der Waals surface area contributed by atoms with Crippen LogP contribution in [0.3, 0.4) is 0 Å². The molecular formula is C7H10N2O2. The number of allylic oxidation sites excluding steroid dienone is 1. The summed E-state index contributed by atoms with van der Waals surface area (Å²) >= 11 is 0. The standard InChI is InChI=1S/C7H10N2O2/c1-3-4(2)5-6(10)9-7(11)8-5/h3H2,1-2H3,(H2,8,9,10,11)/b5-4+. The highest BCUT2D eigenvalue weighted by molar-refractivity contribution is 6.12. The minimum atomic E-state index is -0.433. The molecule has 11 heavy (non-hydrogen) atoms. The molecule has 1 rings (SSSR count). The topological polar surface area (TPSA) is 58.2 Å². The molecule has 0 aliphatic carbocycles. The summed E-state index contributed by atoms with van der Waals surface area (Å²) in [7, 11) is 0. The van der Waals surface area contributed by atoms with E-state index in [4.69, 9.17) is 0 Å². The molecule has 1 aliphatic rings. The Morgan fingerprint density at radius 1 is 1.36 bits per heavy atom. The van der Waals surface area contributed by atoms with Crippen molar-refractivity contribution in [1.29, 1.82) is 0 Å². The predicted octanol–water partition coefficient (Wildman–Crippen LogP) is 0.510. The van der Waals surface area contributed by atoms with E-state index in [2.05, 4.69) is 10.6 Å². The molecule has 0 unspecified atom stereocenters. The van der Waals surface area contributed by atoms with Crippen molar-refractivity contribution in [2.24, 2.45) is 0 Å². The second-order valence-electron chi connectivity index (χ2n) is 2.42. The summed E-state index contributed by atoms with van der Waals surface area (Å²) in [5, 5.41) is 4.57. The summed E-state index contributed by atoms with van der Waals surface area (Å²) in [5.74, 6) is -0.325. The number of urea groups is 1. The van der Waals surface area contributed by atoms with Crippen molar-refractivity contribution in [3.8, 4) is 0 Å². The van der Waals surface area contributed by atoms with Crippen molar-refractivity contribution in [3.63, 3.8) is 0 Å². The molecule has 0 aromatic rings. The maximum atomic E-state index is 10.9. The molecule has 1 aliphatic heterocycles. The molecule has 0 aromatic heterocycles. The molecule has 1 fully saturated rings. The SMILES string of the molecule is CC/C(C)=C1/NC(=O)NC1=O. The van der Waals surface area contributed by atoms with Gasteiger partial charge < -0.3 is 5.32 Å². The van der Waals surface area contributed by atoms with E-state index in [1.54, 1.807) is 0 Å². The highest BCUT2D eigenvalue weighted by atomic mass is 16.2. The molecule has 0 atom stereocenters. The Morgan fingerprint density at radius 2 is 2.00 bits per heavy atom. The van der Waals surface area contributed by atoms with Gasteiger partial charge in [0, 0.05) is 0 Å². The van der Waals surface area contributed by atoms with Crippen molar-refractivity contribution in [3.05, 3.63) is 11.3 Å². The Kier molecular flexibility index (Phi) is 1.94. The first kappa shape index (κ1) is 7.78. The molecular weight excluding hydrogens is 144 g/mol. The Bertz CT molecular complexity index is 243. The Hall–Kier alpha value is -1.32. The van der Waals surface area contributed by atoms with Crippen molar-refractivity contribution < 1.29 is 9.59 Å². The number of nitrogens with one attached hydrogen (secondary N) is 2. The zero-order valence-electron chi connectivity index (χ0n) is 6.52. The molecule has 60 valence electrons. The summed E-state index contributed by atoms with van der Waals surface area (Å²) in [6.07, 6.45) is 0.767. The van der Waals surface area contributed by atoms with Crippen LogP contribution in [-0.2, 0) is 4.79 Å². The fraction of sp³-hybridized carbons (Fsp3) is 0.429. The Labute approximate surface area is 64.7 Å². The summed E-state index contributed by atoms with van der Waals surface area (Å²) in [6, 6.07) is -0.433. The van der Waals surface area contributed by atoms with Crippen molar-refractivity contribution >= 4 is 11.9 Å². The predicted molar refractivity (Wildman–Crippen MR) is 39.7 cm³/mol. The molecule has 4 heteroatoms. The number of rotatable bonds is 1. The molecule has 3 amide bonds. The van der Waals surface area contributed by atoms with E-state index < -0.39 is 6.03 Å². The molecule has 0 bridgehead atoms. The van der Waals surface area contributed by atoms with Gasteiger partial charge in [0.1, 0.15) is 5.70 Å². The summed E-state index contributed by atoms with van der Waals surface area (Å²) < 4.78 is 0. The summed E-state index contributed by atoms with van der Waals surface area (Å²) in [5.41, 5.74) is 1.30. The van der Waals surface area contributed by atoms with E-state index >= 15 is 0 Å². The molecule has 0 aromatic carbocycles. The Balaban J connectivity index is 2.90. The third-order valence-electron chi connectivity index (χ3n) is 1.65. The van der Waals surface area contributed by atoms with Gasteiger partial charge in [-0.25, -0.2) is 4.79 Å². The van der Waals surface area contributed by atoms with Crippen LogP contribution >= 0.6 is 0 Å². The highest BCUT2D eigenvalue weighted by Gasteiger charge is 2.24. The van der Waals surface area contributed by atoms with Crippen LogP contribution in [0, 0.1) is 0 Å². The highest BCUT2D eigenvalue weighted by Crippen LogP contribution is 2.08. The lowest BCUT2D eigenvalue weighted by molar-refractivity contribution is -0.115. The third-order valence-corrected chi connectivity index (χ3v) is 1.65. The molecule has 0 saturated carbocycles. The second-order valence-corrected chi connectivity index (χ2v) is 2.42. The molecule has 1 heterocycles. The van der Waals surface area contributed by atoms with Gasteiger partial charge in [0.2, 0.25) is 0 Å². The van der Waals surface area contributed by atoms with Crippen LogP contribution in [0.15, 0.2) is 11.3 Å². The van der Waals surface area contributed by atoms with Crippen molar-refractivity contribution in [2.75, 3.05) is 0 Å². The quantitative estimate of drug-likeness (QED) is 0.427. The van der Waals surface area contributed by atoms with Gasteiger partial charge in [-0.1, -0.05) is 6.92 Å². The van der Waals surface area contributed by atoms with Crippen LogP contribution in [0.1, 0.15) is 20.3 Å². The third kappa shape index (κ3) is 1.39. The molecule has 1 saturated heterocycles. The van der Waals surface area contributed by atoms with Crippen LogP contribution in [0.2, 0.25) is 0 Å². The van der Waals surface area contributed by atoms with E-state index in [1.165, 1.54) is 0 Å². The molecule has 4 nitrogen and oxygen atoms in total. The minimum Gasteiger partial charge on any atom is -0.303 e. The lowest BCUT2D eigenvalue weighted by Gasteiger charge is -1.97. The fourth-order valence-electron chi connectivity index (χ4n) is 0.844. The van der Waals surface area contributed by atoms with E-state index in [0.717, 1.165) is 12.0 Å². The number of carbonyl (C=O) groups is 2. The Morgan fingerprint density at radius 3 is 2.36 bits per heavy atom. The first-order valence-corrected chi connectivity index (χ1v) is 3.47. The van der Waals surface area contributed by atoms with Gasteiger partial charge in [-0.05, 0) is 18.9 Å². The number of imide groups is 1. The zero-order chi connectivity index (χ0) is 8.43. The average molecular weight is 154 g/mol. The summed E-state index contributed by atoms with van der Waals surface area (Å²) in [4.78, 5) is 21.5. The number of carbonyl (C=O) groups excluding carboxylic acids is 2. The maximum absolute atomic E-state index is 10.9. The fourth-order valence-corrected chi connectivity index (χ4v) is 0.844. The van der Waals surface area contributed by atoms with E-state index in [-0.39, 0.29) is 5.91 Å². The zero-order valence-corrected chi connectivity index (χ0v) is 6.52. The number of amides is 3. The van der Waals surface area contributed by atoms with Crippen LogP contribution in [-0.4, -0.2) is 11.9 Å². The van der Waals surface area contributed by atoms with E-state index in [0.29, 0.717) is 5.70 Å². The molecule has 0 radical (unpaired) electrons. The monoisotopic (exact) mass is 154 g/mol. The van der Waals surface area contributed by atoms with Gasteiger partial charge in [0.25, 0.3) is 5.91 Å². The van der Waals surface area contributed by atoms with E-state index in [9.17, 15) is 9.59 Å². The lowest BCUT2D eigenvalue weighted by Crippen LogP contribution is -2.22. The summed E-state index contributed by atoms with van der Waals surface area (Å²) in [6.45, 7) is 3.75. The first-order chi connectivity index (χ1) is 5.15. The second kappa shape index (κ2) is 2.74. The number of hydrogen-bond acceptors (Lipinski definition) is 2. The van der Waals surface area contributed by atoms with Gasteiger partial charge >= 0.3 is 6.03 Å². The molecule has 0 spiro atoms. The largest absolute Gasteiger partial charge is 0.326 e. The van der Waals surface area contributed by atoms with Gasteiger partial charge in [0.15, 0.2) is 0 Å². The smallest absolute Gasteiger partial charge is 0.303 e. The normalized spacial score (nSPS) is 21.3. The van der Waals surface area contributed by atoms with Crippen LogP contribution in [0.25, 0.3) is 0 Å². The van der Waals surface area contributed by atoms with Gasteiger partial charge in [-0.15, -0.1) is 0 Å². The van der Waals surface area contributed by atoms with Crippen LogP contribution < -0.4 is 10.6 Å². The van der Waals surface area contributed by atoms with Gasteiger partial charge in [-0.3, -0.25) is 10.1 Å². The van der Waals surface area contributed by atoms with Crippen molar-refractivity contribution in [1.82, 2.24) is 10.6 Å². The molecule has 2 N–H and O–H groups in total. The minimum absolute atomic E-state index is 0.325. The first-order valence-electron chi connectivity index (χ1n) is 3.47. The van der Waals surface area contributed by atoms with Gasteiger partial charge in [-0.2, -0.15) is 0 Å².